The van der Waals surface area contributed by atoms with E-state index in [1.54, 1.807) is 0 Å². The molecule has 0 atom stereocenters. The van der Waals surface area contributed by atoms with Crippen molar-refractivity contribution in [3.8, 4) is 11.6 Å². The summed E-state index contributed by atoms with van der Waals surface area (Å²) in [6, 6.07) is 4.01. The average molecular weight is 366 g/mol. The van der Waals surface area contributed by atoms with E-state index in [1.807, 2.05) is 0 Å². The lowest BCUT2D eigenvalue weighted by Gasteiger charge is -2.07. The molecule has 19 heavy (non-hydrogen) atoms. The van der Waals surface area contributed by atoms with Crippen LogP contribution in [0.3, 0.4) is 0 Å². The monoisotopic (exact) mass is 364 g/mol. The maximum Gasteiger partial charge on any atom is 0.273 e. The van der Waals surface area contributed by atoms with Gasteiger partial charge in [-0.15, -0.1) is 10.2 Å². The van der Waals surface area contributed by atoms with Gasteiger partial charge in [-0.1, -0.05) is 11.6 Å². The Morgan fingerprint density at radius 3 is 2.74 bits per heavy atom. The van der Waals surface area contributed by atoms with Gasteiger partial charge < -0.3 is 4.74 Å². The summed E-state index contributed by atoms with van der Waals surface area (Å²) in [7, 11) is 0. The predicted molar refractivity (Wildman–Crippen MR) is 70.7 cm³/mol. The van der Waals surface area contributed by atoms with E-state index in [1.165, 1.54) is 18.2 Å². The molecule has 0 radical (unpaired) electrons. The Labute approximate surface area is 124 Å². The summed E-state index contributed by atoms with van der Waals surface area (Å²) in [4.78, 5) is 13.9. The van der Waals surface area contributed by atoms with E-state index in [0.717, 1.165) is 0 Å². The highest BCUT2D eigenvalue weighted by Crippen LogP contribution is 2.34. The molecule has 10 heteroatoms. The van der Waals surface area contributed by atoms with Crippen molar-refractivity contribution in [1.82, 2.24) is 15.2 Å². The van der Waals surface area contributed by atoms with Crippen LogP contribution in [-0.2, 0) is 0 Å². The van der Waals surface area contributed by atoms with Crippen molar-refractivity contribution in [2.45, 2.75) is 0 Å². The molecule has 7 nitrogen and oxygen atoms in total. The molecule has 0 fully saturated rings. The molecular formula is C9H3BrCl2N4O3. The second-order valence-corrected chi connectivity index (χ2v) is 4.70. The molecule has 1 aromatic heterocycles. The number of benzene rings is 1. The highest BCUT2D eigenvalue weighted by atomic mass is 79.9. The van der Waals surface area contributed by atoms with Gasteiger partial charge in [0.1, 0.15) is 0 Å². The minimum atomic E-state index is -0.549. The van der Waals surface area contributed by atoms with Crippen LogP contribution in [0.2, 0.25) is 10.4 Å². The number of nitrogens with zero attached hydrogens (tertiary/aromatic N) is 4. The molecule has 0 aliphatic carbocycles. The molecule has 0 aliphatic heterocycles. The van der Waals surface area contributed by atoms with E-state index >= 15 is 0 Å². The quantitative estimate of drug-likeness (QED) is 0.609. The number of aromatic nitrogens is 3. The Hall–Kier alpha value is -1.51. The third-order valence-electron chi connectivity index (χ3n) is 1.92. The van der Waals surface area contributed by atoms with Crippen molar-refractivity contribution >= 4 is 44.8 Å². The zero-order valence-corrected chi connectivity index (χ0v) is 12.0. The van der Waals surface area contributed by atoms with Gasteiger partial charge in [0.15, 0.2) is 5.75 Å². The number of nitro groups is 1. The average Bonchev–Trinajstić information content (AvgIpc) is 2.36. The molecule has 0 amide bonds. The maximum absolute atomic E-state index is 10.7. The van der Waals surface area contributed by atoms with Crippen LogP contribution in [0.25, 0.3) is 0 Å². The normalized spacial score (nSPS) is 10.3. The number of nitro benzene ring substituents is 1. The summed E-state index contributed by atoms with van der Waals surface area (Å²) in [5, 5.41) is 17.4. The molecule has 1 aromatic carbocycles. The van der Waals surface area contributed by atoms with Crippen LogP contribution in [0.4, 0.5) is 5.69 Å². The van der Waals surface area contributed by atoms with Crippen LogP contribution in [0.5, 0.6) is 11.6 Å². The fraction of sp³-hybridized carbons (Fsp3) is 0. The van der Waals surface area contributed by atoms with Gasteiger partial charge in [-0.25, -0.2) is 0 Å². The van der Waals surface area contributed by atoms with Gasteiger partial charge in [0, 0.05) is 6.07 Å². The summed E-state index contributed by atoms with van der Waals surface area (Å²) >= 11 is 14.5. The van der Waals surface area contributed by atoms with Gasteiger partial charge in [-0.05, 0) is 33.6 Å². The van der Waals surface area contributed by atoms with Crippen molar-refractivity contribution < 1.29 is 9.66 Å². The molecule has 98 valence electrons. The van der Waals surface area contributed by atoms with E-state index in [4.69, 9.17) is 27.9 Å². The summed E-state index contributed by atoms with van der Waals surface area (Å²) < 4.78 is 5.82. The van der Waals surface area contributed by atoms with Crippen LogP contribution in [0.15, 0.2) is 22.7 Å². The Morgan fingerprint density at radius 1 is 1.32 bits per heavy atom. The molecule has 2 rings (SSSR count). The molecule has 0 saturated carbocycles. The van der Waals surface area contributed by atoms with E-state index in [0.29, 0.717) is 4.47 Å². The number of rotatable bonds is 3. The van der Waals surface area contributed by atoms with Gasteiger partial charge in [0.25, 0.3) is 11.6 Å². The molecule has 0 spiro atoms. The summed E-state index contributed by atoms with van der Waals surface area (Å²) in [5.74, 6) is 0.0653. The summed E-state index contributed by atoms with van der Waals surface area (Å²) in [6.07, 6.45) is 0. The zero-order chi connectivity index (χ0) is 14.0. The summed E-state index contributed by atoms with van der Waals surface area (Å²) in [6.45, 7) is 0. The zero-order valence-electron chi connectivity index (χ0n) is 8.88. The first-order valence-corrected chi connectivity index (χ1v) is 6.20. The van der Waals surface area contributed by atoms with E-state index < -0.39 is 4.92 Å². The highest BCUT2D eigenvalue weighted by Gasteiger charge is 2.14. The first-order valence-electron chi connectivity index (χ1n) is 4.65. The molecule has 0 bridgehead atoms. The van der Waals surface area contributed by atoms with E-state index in [2.05, 4.69) is 31.1 Å². The second-order valence-electron chi connectivity index (χ2n) is 3.15. The minimum absolute atomic E-state index is 0.0946. The first-order chi connectivity index (χ1) is 8.97. The van der Waals surface area contributed by atoms with E-state index in [-0.39, 0.29) is 27.8 Å². The number of halogens is 3. The smallest absolute Gasteiger partial charge is 0.273 e. The molecular weight excluding hydrogens is 363 g/mol. The van der Waals surface area contributed by atoms with Crippen LogP contribution in [0, 0.1) is 10.1 Å². The van der Waals surface area contributed by atoms with Gasteiger partial charge in [-0.2, -0.15) is 4.98 Å². The third-order valence-corrected chi connectivity index (χ3v) is 2.98. The predicted octanol–water partition coefficient (Wildman–Crippen LogP) is 3.64. The Balaban J connectivity index is 2.40. The summed E-state index contributed by atoms with van der Waals surface area (Å²) in [5.41, 5.74) is -0.137. The second kappa shape index (κ2) is 5.64. The maximum atomic E-state index is 10.7. The van der Waals surface area contributed by atoms with Crippen molar-refractivity contribution in [2.24, 2.45) is 0 Å². The van der Waals surface area contributed by atoms with Crippen LogP contribution >= 0.6 is 39.1 Å². The van der Waals surface area contributed by atoms with Crippen molar-refractivity contribution in [2.75, 3.05) is 0 Å². The number of ether oxygens (including phenoxy) is 1. The van der Waals surface area contributed by atoms with Crippen LogP contribution < -0.4 is 4.74 Å². The topological polar surface area (TPSA) is 91.0 Å². The van der Waals surface area contributed by atoms with Crippen molar-refractivity contribution in [3.05, 3.63) is 43.2 Å². The SMILES string of the molecule is O=[N+]([O-])c1ccc(Br)c(Oc2nc(Cl)nnc2Cl)c1. The Bertz CT molecular complexity index is 655. The lowest BCUT2D eigenvalue weighted by Crippen LogP contribution is -1.96. The van der Waals surface area contributed by atoms with Crippen molar-refractivity contribution in [3.63, 3.8) is 0 Å². The van der Waals surface area contributed by atoms with Crippen LogP contribution in [-0.4, -0.2) is 20.1 Å². The molecule has 0 N–H and O–H groups in total. The number of non-ortho nitro benzene ring substituents is 1. The van der Waals surface area contributed by atoms with Crippen LogP contribution in [0.1, 0.15) is 0 Å². The molecule has 0 aliphatic rings. The van der Waals surface area contributed by atoms with Crippen molar-refractivity contribution in [1.29, 1.82) is 0 Å². The van der Waals surface area contributed by atoms with Gasteiger partial charge in [0.05, 0.1) is 15.5 Å². The Morgan fingerprint density at radius 2 is 2.05 bits per heavy atom. The van der Waals surface area contributed by atoms with Gasteiger partial charge >= 0.3 is 0 Å². The lowest BCUT2D eigenvalue weighted by molar-refractivity contribution is -0.384. The number of hydrogen-bond donors (Lipinski definition) is 0. The van der Waals surface area contributed by atoms with E-state index in [9.17, 15) is 10.1 Å². The minimum Gasteiger partial charge on any atom is -0.435 e. The molecule has 0 saturated heterocycles. The fourth-order valence-corrected chi connectivity index (χ4v) is 1.69. The first kappa shape index (κ1) is 13.9. The van der Waals surface area contributed by atoms with Gasteiger partial charge in [-0.3, -0.25) is 10.1 Å². The molecule has 0 unspecified atom stereocenters. The molecule has 1 heterocycles. The lowest BCUT2D eigenvalue weighted by atomic mass is 10.3. The largest absolute Gasteiger partial charge is 0.435 e. The third kappa shape index (κ3) is 3.28. The van der Waals surface area contributed by atoms with Gasteiger partial charge in [0.2, 0.25) is 10.4 Å². The molecule has 2 aromatic rings. The highest BCUT2D eigenvalue weighted by molar-refractivity contribution is 9.10. The number of hydrogen-bond acceptors (Lipinski definition) is 6. The Kier molecular flexibility index (Phi) is 4.13. The standard InChI is InChI=1S/C9H3BrCl2N4O3/c10-5-2-1-4(16(17)18)3-6(5)19-8-7(11)14-15-9(12)13-8/h1-3H. The fourth-order valence-electron chi connectivity index (χ4n) is 1.13.